The molecule has 0 atom stereocenters. The van der Waals surface area contributed by atoms with E-state index in [4.69, 9.17) is 0 Å². The number of aryl methyl sites for hydroxylation is 1. The fourth-order valence-corrected chi connectivity index (χ4v) is 3.33. The molecule has 7 heteroatoms. The van der Waals surface area contributed by atoms with Gasteiger partial charge in [-0.3, -0.25) is 9.36 Å². The molecule has 0 spiro atoms. The summed E-state index contributed by atoms with van der Waals surface area (Å²) in [6.45, 7) is 2.72. The third kappa shape index (κ3) is 3.01. The van der Waals surface area contributed by atoms with Gasteiger partial charge >= 0.3 is 0 Å². The van der Waals surface area contributed by atoms with Gasteiger partial charge in [0.15, 0.2) is 0 Å². The highest BCUT2D eigenvalue weighted by Gasteiger charge is 2.13. The first-order chi connectivity index (χ1) is 12.7. The molecule has 3 aromatic heterocycles. The topological polar surface area (TPSA) is 64.7 Å². The van der Waals surface area contributed by atoms with E-state index in [-0.39, 0.29) is 5.91 Å². The minimum atomic E-state index is -0.166. The van der Waals surface area contributed by atoms with Gasteiger partial charge < -0.3 is 9.88 Å². The molecule has 26 heavy (non-hydrogen) atoms. The van der Waals surface area contributed by atoms with Crippen LogP contribution >= 0.6 is 15.9 Å². The van der Waals surface area contributed by atoms with Gasteiger partial charge in [-0.05, 0) is 53.2 Å². The number of fused-ring (bicyclic) bond motifs is 1. The third-order valence-electron chi connectivity index (χ3n) is 4.14. The molecule has 0 aliphatic carbocycles. The Labute approximate surface area is 158 Å². The van der Waals surface area contributed by atoms with Crippen molar-refractivity contribution in [3.05, 3.63) is 71.4 Å². The monoisotopic (exact) mass is 409 g/mol. The van der Waals surface area contributed by atoms with Crippen molar-refractivity contribution in [1.29, 1.82) is 0 Å². The second-order valence-electron chi connectivity index (χ2n) is 5.79. The molecule has 0 unspecified atom stereocenters. The highest BCUT2D eigenvalue weighted by Crippen LogP contribution is 2.19. The number of anilines is 1. The molecule has 0 fully saturated rings. The summed E-state index contributed by atoms with van der Waals surface area (Å²) in [5.74, 6) is 0.580. The van der Waals surface area contributed by atoms with Crippen LogP contribution in [-0.2, 0) is 6.54 Å². The summed E-state index contributed by atoms with van der Waals surface area (Å²) in [6, 6.07) is 13.4. The molecule has 0 aliphatic heterocycles. The van der Waals surface area contributed by atoms with Crippen molar-refractivity contribution in [3.63, 3.8) is 0 Å². The Kier molecular flexibility index (Phi) is 4.30. The molecule has 1 aromatic carbocycles. The number of hydrogen-bond donors (Lipinski definition) is 1. The number of amides is 1. The maximum Gasteiger partial charge on any atom is 0.272 e. The fraction of sp³-hybridized carbons (Fsp3) is 0.105. The number of nitrogens with zero attached hydrogens (tertiary/aromatic N) is 4. The van der Waals surface area contributed by atoms with Crippen LogP contribution in [0.3, 0.4) is 0 Å². The average Bonchev–Trinajstić information content (AvgIpc) is 3.26. The van der Waals surface area contributed by atoms with Crippen molar-refractivity contribution in [2.24, 2.45) is 0 Å². The van der Waals surface area contributed by atoms with Gasteiger partial charge in [-0.25, -0.2) is 9.97 Å². The predicted octanol–water partition coefficient (Wildman–Crippen LogP) is 4.26. The first-order valence-electron chi connectivity index (χ1n) is 8.21. The third-order valence-corrected chi connectivity index (χ3v) is 4.58. The van der Waals surface area contributed by atoms with Crippen molar-refractivity contribution in [2.75, 3.05) is 5.32 Å². The number of nitrogens with one attached hydrogen (secondary N) is 1. The number of rotatable bonds is 4. The second kappa shape index (κ2) is 6.76. The molecule has 1 amide bonds. The Balaban J connectivity index is 1.57. The number of halogens is 1. The number of aromatic nitrogens is 4. The van der Waals surface area contributed by atoms with Gasteiger partial charge in [0.1, 0.15) is 17.8 Å². The molecule has 0 saturated carbocycles. The molecule has 3 heterocycles. The highest BCUT2D eigenvalue weighted by molar-refractivity contribution is 9.10. The fourth-order valence-electron chi connectivity index (χ4n) is 2.87. The number of imidazole rings is 1. The summed E-state index contributed by atoms with van der Waals surface area (Å²) in [6.07, 6.45) is 5.29. The van der Waals surface area contributed by atoms with E-state index in [1.54, 1.807) is 18.6 Å². The highest BCUT2D eigenvalue weighted by atomic mass is 79.9. The molecule has 4 aromatic rings. The van der Waals surface area contributed by atoms with Crippen molar-refractivity contribution in [3.8, 4) is 5.82 Å². The van der Waals surface area contributed by atoms with Crippen LogP contribution < -0.4 is 5.32 Å². The lowest BCUT2D eigenvalue weighted by Crippen LogP contribution is -2.16. The summed E-state index contributed by atoms with van der Waals surface area (Å²) in [5, 5.41) is 2.89. The number of pyridine rings is 1. The molecule has 6 nitrogen and oxygen atoms in total. The lowest BCUT2D eigenvalue weighted by Gasteiger charge is -2.08. The van der Waals surface area contributed by atoms with Crippen LogP contribution in [0.15, 0.2) is 65.7 Å². The van der Waals surface area contributed by atoms with Crippen molar-refractivity contribution < 1.29 is 4.79 Å². The van der Waals surface area contributed by atoms with Gasteiger partial charge in [-0.2, -0.15) is 0 Å². The summed E-state index contributed by atoms with van der Waals surface area (Å²) in [5.41, 5.74) is 3.15. The SMILES string of the molecule is CCn1cc(Br)cc1C(=O)Nc1ccc(-n2cnc3ccccc32)nc1. The van der Waals surface area contributed by atoms with Gasteiger partial charge in [0.2, 0.25) is 0 Å². The minimum absolute atomic E-state index is 0.166. The van der Waals surface area contributed by atoms with Gasteiger partial charge in [0.05, 0.1) is 22.9 Å². The molecule has 0 radical (unpaired) electrons. The Morgan fingerprint density at radius 2 is 2.04 bits per heavy atom. The number of para-hydroxylation sites is 2. The van der Waals surface area contributed by atoms with Crippen LogP contribution in [0.4, 0.5) is 5.69 Å². The van der Waals surface area contributed by atoms with Crippen LogP contribution in [0.25, 0.3) is 16.9 Å². The van der Waals surface area contributed by atoms with Gasteiger partial charge in [-0.15, -0.1) is 0 Å². The summed E-state index contributed by atoms with van der Waals surface area (Å²) in [7, 11) is 0. The largest absolute Gasteiger partial charge is 0.343 e. The molecular weight excluding hydrogens is 394 g/mol. The van der Waals surface area contributed by atoms with E-state index in [1.165, 1.54) is 0 Å². The number of hydrogen-bond acceptors (Lipinski definition) is 3. The molecule has 0 bridgehead atoms. The minimum Gasteiger partial charge on any atom is -0.343 e. The molecule has 0 aliphatic rings. The second-order valence-corrected chi connectivity index (χ2v) is 6.71. The zero-order valence-electron chi connectivity index (χ0n) is 14.1. The van der Waals surface area contributed by atoms with Gasteiger partial charge in [-0.1, -0.05) is 12.1 Å². The van der Waals surface area contributed by atoms with Gasteiger partial charge in [0, 0.05) is 17.2 Å². The first kappa shape index (κ1) is 16.5. The van der Waals surface area contributed by atoms with Crippen molar-refractivity contribution >= 4 is 38.6 Å². The molecule has 4 rings (SSSR count). The van der Waals surface area contributed by atoms with Gasteiger partial charge in [0.25, 0.3) is 5.91 Å². The molecular formula is C19H16BrN5O. The predicted molar refractivity (Wildman–Crippen MR) is 105 cm³/mol. The van der Waals surface area contributed by atoms with E-state index in [0.29, 0.717) is 11.4 Å². The van der Waals surface area contributed by atoms with E-state index >= 15 is 0 Å². The summed E-state index contributed by atoms with van der Waals surface area (Å²) in [4.78, 5) is 21.3. The van der Waals surface area contributed by atoms with Crippen LogP contribution in [-0.4, -0.2) is 25.0 Å². The average molecular weight is 410 g/mol. The maximum absolute atomic E-state index is 12.5. The smallest absolute Gasteiger partial charge is 0.272 e. The molecule has 130 valence electrons. The van der Waals surface area contributed by atoms with E-state index in [2.05, 4.69) is 31.2 Å². The Morgan fingerprint density at radius 1 is 1.19 bits per heavy atom. The van der Waals surface area contributed by atoms with Crippen LogP contribution in [0.2, 0.25) is 0 Å². The molecule has 1 N–H and O–H groups in total. The van der Waals surface area contributed by atoms with Crippen LogP contribution in [0.1, 0.15) is 17.4 Å². The standard InChI is InChI=1S/C19H16BrN5O/c1-2-24-11-13(20)9-17(24)19(26)23-14-7-8-18(21-10-14)25-12-22-15-5-3-4-6-16(15)25/h3-12H,2H2,1H3,(H,23,26). The first-order valence-corrected chi connectivity index (χ1v) is 9.00. The summed E-state index contributed by atoms with van der Waals surface area (Å²) < 4.78 is 4.68. The molecule has 0 saturated heterocycles. The van der Waals surface area contributed by atoms with E-state index in [0.717, 1.165) is 27.9 Å². The number of carbonyl (C=O) groups excluding carboxylic acids is 1. The van der Waals surface area contributed by atoms with Crippen LogP contribution in [0.5, 0.6) is 0 Å². The zero-order chi connectivity index (χ0) is 18.1. The summed E-state index contributed by atoms with van der Waals surface area (Å²) >= 11 is 3.41. The lowest BCUT2D eigenvalue weighted by atomic mass is 10.3. The Hall–Kier alpha value is -2.93. The number of carbonyl (C=O) groups is 1. The van der Waals surface area contributed by atoms with E-state index in [1.807, 2.05) is 58.7 Å². The Morgan fingerprint density at radius 3 is 2.81 bits per heavy atom. The Bertz CT molecular complexity index is 1080. The van der Waals surface area contributed by atoms with E-state index in [9.17, 15) is 4.79 Å². The normalized spacial score (nSPS) is 11.0. The van der Waals surface area contributed by atoms with E-state index < -0.39 is 0 Å². The maximum atomic E-state index is 12.5. The van der Waals surface area contributed by atoms with Crippen molar-refractivity contribution in [1.82, 2.24) is 19.1 Å². The van der Waals surface area contributed by atoms with Crippen LogP contribution in [0, 0.1) is 0 Å². The number of benzene rings is 1. The quantitative estimate of drug-likeness (QED) is 0.547. The zero-order valence-corrected chi connectivity index (χ0v) is 15.6. The van der Waals surface area contributed by atoms with Crippen molar-refractivity contribution in [2.45, 2.75) is 13.5 Å². The lowest BCUT2D eigenvalue weighted by molar-refractivity contribution is 0.101.